The van der Waals surface area contributed by atoms with E-state index < -0.39 is 0 Å². The second-order valence-corrected chi connectivity index (χ2v) is 6.54. The molecule has 3 aromatic rings. The normalized spacial score (nSPS) is 10.4. The van der Waals surface area contributed by atoms with Crippen molar-refractivity contribution in [2.24, 2.45) is 0 Å². The SMILES string of the molecule is CC(=O)N(c1ccccc1)c1nc(COC(=O)c2ccccc2C)cs1. The number of nitrogens with zero attached hydrogens (tertiary/aromatic N) is 2. The standard InChI is InChI=1S/C20H18N2O3S/c1-14-8-6-7-11-18(14)19(24)25-12-16-13-26-20(21-16)22(15(2)23)17-9-4-3-5-10-17/h3-11,13H,12H2,1-2H3. The highest BCUT2D eigenvalue weighted by Crippen LogP contribution is 2.29. The molecule has 0 saturated heterocycles. The van der Waals surface area contributed by atoms with E-state index in [9.17, 15) is 9.59 Å². The number of esters is 1. The van der Waals surface area contributed by atoms with Gasteiger partial charge in [0, 0.05) is 12.3 Å². The van der Waals surface area contributed by atoms with Crippen molar-refractivity contribution >= 4 is 34.0 Å². The molecule has 0 N–H and O–H groups in total. The van der Waals surface area contributed by atoms with Crippen LogP contribution in [0.1, 0.15) is 28.5 Å². The van der Waals surface area contributed by atoms with Gasteiger partial charge in [0.1, 0.15) is 6.61 Å². The number of benzene rings is 2. The molecule has 0 radical (unpaired) electrons. The molecule has 0 aliphatic heterocycles. The predicted octanol–water partition coefficient (Wildman–Crippen LogP) is 4.49. The van der Waals surface area contributed by atoms with Crippen LogP contribution in [0.15, 0.2) is 60.0 Å². The van der Waals surface area contributed by atoms with E-state index in [4.69, 9.17) is 4.74 Å². The summed E-state index contributed by atoms with van der Waals surface area (Å²) in [5, 5.41) is 2.34. The van der Waals surface area contributed by atoms with E-state index in [0.29, 0.717) is 16.4 Å². The van der Waals surface area contributed by atoms with Crippen molar-refractivity contribution in [1.29, 1.82) is 0 Å². The van der Waals surface area contributed by atoms with Gasteiger partial charge in [-0.1, -0.05) is 36.4 Å². The first kappa shape index (κ1) is 17.8. The number of para-hydroxylation sites is 1. The Morgan fingerprint density at radius 3 is 2.46 bits per heavy atom. The molecule has 2 aromatic carbocycles. The minimum atomic E-state index is -0.385. The maximum Gasteiger partial charge on any atom is 0.338 e. The Balaban J connectivity index is 1.72. The summed E-state index contributed by atoms with van der Waals surface area (Å²) >= 11 is 1.33. The Kier molecular flexibility index (Phi) is 5.43. The van der Waals surface area contributed by atoms with E-state index in [2.05, 4.69) is 4.98 Å². The maximum absolute atomic E-state index is 12.2. The van der Waals surface area contributed by atoms with Gasteiger partial charge in [0.05, 0.1) is 16.9 Å². The molecule has 0 aliphatic carbocycles. The van der Waals surface area contributed by atoms with E-state index >= 15 is 0 Å². The van der Waals surface area contributed by atoms with Crippen molar-refractivity contribution in [2.75, 3.05) is 4.90 Å². The number of thiazole rings is 1. The number of amides is 1. The van der Waals surface area contributed by atoms with E-state index in [-0.39, 0.29) is 18.5 Å². The molecule has 0 fully saturated rings. The largest absolute Gasteiger partial charge is 0.456 e. The van der Waals surface area contributed by atoms with Crippen LogP contribution in [-0.4, -0.2) is 16.9 Å². The van der Waals surface area contributed by atoms with Crippen LogP contribution >= 0.6 is 11.3 Å². The lowest BCUT2D eigenvalue weighted by atomic mass is 10.1. The molecule has 0 aliphatic rings. The molecule has 26 heavy (non-hydrogen) atoms. The van der Waals surface area contributed by atoms with Crippen LogP contribution in [0, 0.1) is 6.92 Å². The molecule has 6 heteroatoms. The summed E-state index contributed by atoms with van der Waals surface area (Å²) < 4.78 is 5.36. The molecular weight excluding hydrogens is 348 g/mol. The van der Waals surface area contributed by atoms with Crippen molar-refractivity contribution in [3.8, 4) is 0 Å². The fourth-order valence-corrected chi connectivity index (χ4v) is 3.36. The highest BCUT2D eigenvalue weighted by molar-refractivity contribution is 7.14. The highest BCUT2D eigenvalue weighted by Gasteiger charge is 2.18. The van der Waals surface area contributed by atoms with Crippen LogP contribution in [0.4, 0.5) is 10.8 Å². The zero-order chi connectivity index (χ0) is 18.5. The molecule has 0 saturated carbocycles. The van der Waals surface area contributed by atoms with Crippen LogP contribution in [-0.2, 0) is 16.1 Å². The lowest BCUT2D eigenvalue weighted by Gasteiger charge is -2.17. The summed E-state index contributed by atoms with van der Waals surface area (Å²) in [5.74, 6) is -0.516. The Hall–Kier alpha value is -2.99. The lowest BCUT2D eigenvalue weighted by Crippen LogP contribution is -2.22. The van der Waals surface area contributed by atoms with Crippen LogP contribution in [0.25, 0.3) is 0 Å². The van der Waals surface area contributed by atoms with E-state index in [1.54, 1.807) is 17.5 Å². The number of rotatable bonds is 5. The van der Waals surface area contributed by atoms with Crippen molar-refractivity contribution in [1.82, 2.24) is 4.98 Å². The molecule has 1 heterocycles. The molecule has 0 spiro atoms. The molecule has 1 aromatic heterocycles. The van der Waals surface area contributed by atoms with Crippen LogP contribution in [0.5, 0.6) is 0 Å². The molecule has 0 bridgehead atoms. The molecule has 3 rings (SSSR count). The molecule has 0 atom stereocenters. The topological polar surface area (TPSA) is 59.5 Å². The first-order valence-corrected chi connectivity index (χ1v) is 8.97. The smallest absolute Gasteiger partial charge is 0.338 e. The van der Waals surface area contributed by atoms with E-state index in [0.717, 1.165) is 11.3 Å². The van der Waals surface area contributed by atoms with Crippen molar-refractivity contribution in [3.63, 3.8) is 0 Å². The van der Waals surface area contributed by atoms with Gasteiger partial charge < -0.3 is 4.74 Å². The van der Waals surface area contributed by atoms with E-state index in [1.807, 2.05) is 49.4 Å². The minimum Gasteiger partial charge on any atom is -0.456 e. The Morgan fingerprint density at radius 2 is 1.77 bits per heavy atom. The van der Waals surface area contributed by atoms with Gasteiger partial charge in [-0.05, 0) is 30.7 Å². The van der Waals surface area contributed by atoms with Crippen LogP contribution < -0.4 is 4.90 Å². The first-order valence-electron chi connectivity index (χ1n) is 8.09. The number of aryl methyl sites for hydroxylation is 1. The summed E-state index contributed by atoms with van der Waals surface area (Å²) in [6.07, 6.45) is 0. The van der Waals surface area contributed by atoms with Gasteiger partial charge in [-0.25, -0.2) is 9.78 Å². The maximum atomic E-state index is 12.2. The third-order valence-electron chi connectivity index (χ3n) is 3.78. The number of ether oxygens (including phenoxy) is 1. The summed E-state index contributed by atoms with van der Waals surface area (Å²) in [6, 6.07) is 16.6. The first-order chi connectivity index (χ1) is 12.6. The Morgan fingerprint density at radius 1 is 1.08 bits per heavy atom. The number of hydrogen-bond donors (Lipinski definition) is 0. The van der Waals surface area contributed by atoms with Crippen molar-refractivity contribution < 1.29 is 14.3 Å². The molecule has 132 valence electrons. The summed E-state index contributed by atoms with van der Waals surface area (Å²) in [6.45, 7) is 3.42. The zero-order valence-electron chi connectivity index (χ0n) is 14.5. The summed E-state index contributed by atoms with van der Waals surface area (Å²) in [7, 11) is 0. The van der Waals surface area contributed by atoms with Crippen molar-refractivity contribution in [3.05, 3.63) is 76.8 Å². The average Bonchev–Trinajstić information content (AvgIpc) is 3.09. The number of aromatic nitrogens is 1. The average molecular weight is 366 g/mol. The molecule has 1 amide bonds. The second-order valence-electron chi connectivity index (χ2n) is 5.70. The number of anilines is 2. The highest BCUT2D eigenvalue weighted by atomic mass is 32.1. The zero-order valence-corrected chi connectivity index (χ0v) is 15.3. The van der Waals surface area contributed by atoms with Gasteiger partial charge in [-0.3, -0.25) is 9.69 Å². The fraction of sp³-hybridized carbons (Fsp3) is 0.150. The number of hydrogen-bond acceptors (Lipinski definition) is 5. The third-order valence-corrected chi connectivity index (χ3v) is 4.65. The van der Waals surface area contributed by atoms with Gasteiger partial charge in [-0.2, -0.15) is 0 Å². The van der Waals surface area contributed by atoms with Gasteiger partial charge in [-0.15, -0.1) is 11.3 Å². The quantitative estimate of drug-likeness (QED) is 0.624. The Labute approximate surface area is 155 Å². The number of carbonyl (C=O) groups excluding carboxylic acids is 2. The number of carbonyl (C=O) groups is 2. The molecule has 5 nitrogen and oxygen atoms in total. The van der Waals surface area contributed by atoms with Gasteiger partial charge in [0.2, 0.25) is 5.91 Å². The van der Waals surface area contributed by atoms with Crippen LogP contribution in [0.2, 0.25) is 0 Å². The van der Waals surface area contributed by atoms with Crippen molar-refractivity contribution in [2.45, 2.75) is 20.5 Å². The van der Waals surface area contributed by atoms with Gasteiger partial charge in [0.15, 0.2) is 5.13 Å². The van der Waals surface area contributed by atoms with Crippen LogP contribution in [0.3, 0.4) is 0 Å². The van der Waals surface area contributed by atoms with Gasteiger partial charge >= 0.3 is 5.97 Å². The fourth-order valence-electron chi connectivity index (χ4n) is 2.49. The second kappa shape index (κ2) is 7.93. The minimum absolute atomic E-state index is 0.0597. The third kappa shape index (κ3) is 3.97. The van der Waals surface area contributed by atoms with Gasteiger partial charge in [0.25, 0.3) is 0 Å². The molecule has 0 unspecified atom stereocenters. The summed E-state index contributed by atoms with van der Waals surface area (Å²) in [5.41, 5.74) is 2.76. The Bertz CT molecular complexity index is 922. The lowest BCUT2D eigenvalue weighted by molar-refractivity contribution is -0.115. The summed E-state index contributed by atoms with van der Waals surface area (Å²) in [4.78, 5) is 30.2. The molecular formula is C20H18N2O3S. The predicted molar refractivity (Wildman–Crippen MR) is 102 cm³/mol. The van der Waals surface area contributed by atoms with E-state index in [1.165, 1.54) is 23.2 Å². The monoisotopic (exact) mass is 366 g/mol.